The highest BCUT2D eigenvalue weighted by atomic mass is 79.9. The van der Waals surface area contributed by atoms with Crippen LogP contribution in [0.5, 0.6) is 0 Å². The topological polar surface area (TPSA) is 35.2 Å². The van der Waals surface area contributed by atoms with Crippen LogP contribution in [0.25, 0.3) is 0 Å². The molecule has 1 aliphatic rings. The Kier molecular flexibility index (Phi) is 5.15. The van der Waals surface area contributed by atoms with Gasteiger partial charge in [-0.15, -0.1) is 0 Å². The van der Waals surface area contributed by atoms with E-state index in [1.165, 1.54) is 18.9 Å². The third kappa shape index (κ3) is 3.77. The van der Waals surface area contributed by atoms with Crippen molar-refractivity contribution in [1.29, 1.82) is 0 Å². The Morgan fingerprint density at radius 1 is 1.50 bits per heavy atom. The summed E-state index contributed by atoms with van der Waals surface area (Å²) >= 11 is 3.19. The zero-order valence-electron chi connectivity index (χ0n) is 10.4. The summed E-state index contributed by atoms with van der Waals surface area (Å²) < 4.78 is 19.2. The summed E-state index contributed by atoms with van der Waals surface area (Å²) in [7, 11) is 0. The van der Waals surface area contributed by atoms with E-state index < -0.39 is 0 Å². The van der Waals surface area contributed by atoms with Gasteiger partial charge in [0, 0.05) is 12.6 Å². The van der Waals surface area contributed by atoms with Crippen LogP contribution >= 0.6 is 15.9 Å². The molecule has 18 heavy (non-hydrogen) atoms. The molecule has 1 aromatic rings. The summed E-state index contributed by atoms with van der Waals surface area (Å²) in [6, 6.07) is 4.96. The van der Waals surface area contributed by atoms with Crippen molar-refractivity contribution in [2.75, 3.05) is 6.61 Å². The van der Waals surface area contributed by atoms with Crippen LogP contribution in [0.3, 0.4) is 0 Å². The molecule has 2 nitrogen and oxygen atoms in total. The number of halogens is 2. The molecule has 0 amide bonds. The Morgan fingerprint density at radius 3 is 3.00 bits per heavy atom. The molecule has 0 aromatic heterocycles. The number of hydrogen-bond acceptors (Lipinski definition) is 2. The van der Waals surface area contributed by atoms with Gasteiger partial charge in [-0.2, -0.15) is 0 Å². The van der Waals surface area contributed by atoms with Gasteiger partial charge in [0.2, 0.25) is 0 Å². The predicted octanol–water partition coefficient (Wildman–Crippen LogP) is 3.94. The first kappa shape index (κ1) is 14.0. The Morgan fingerprint density at radius 2 is 2.33 bits per heavy atom. The van der Waals surface area contributed by atoms with E-state index in [4.69, 9.17) is 10.5 Å². The first-order chi connectivity index (χ1) is 8.66. The van der Waals surface area contributed by atoms with Crippen molar-refractivity contribution < 1.29 is 9.13 Å². The van der Waals surface area contributed by atoms with Crippen LogP contribution in [0, 0.1) is 5.82 Å². The van der Waals surface area contributed by atoms with Crippen LogP contribution in [-0.4, -0.2) is 12.7 Å². The van der Waals surface area contributed by atoms with Gasteiger partial charge in [-0.05, 0) is 65.7 Å². The zero-order chi connectivity index (χ0) is 13.0. The molecule has 0 radical (unpaired) electrons. The Hall–Kier alpha value is -0.450. The molecule has 100 valence electrons. The Bertz CT molecular complexity index is 393. The molecule has 1 heterocycles. The van der Waals surface area contributed by atoms with Gasteiger partial charge in [0.1, 0.15) is 5.82 Å². The molecule has 2 N–H and O–H groups in total. The van der Waals surface area contributed by atoms with E-state index in [2.05, 4.69) is 15.9 Å². The van der Waals surface area contributed by atoms with E-state index in [1.807, 2.05) is 0 Å². The summed E-state index contributed by atoms with van der Waals surface area (Å²) in [5, 5.41) is 0. The Labute approximate surface area is 116 Å². The highest BCUT2D eigenvalue weighted by molar-refractivity contribution is 9.10. The van der Waals surface area contributed by atoms with E-state index >= 15 is 0 Å². The molecule has 1 aromatic carbocycles. The molecular weight excluding hydrogens is 297 g/mol. The summed E-state index contributed by atoms with van der Waals surface area (Å²) in [5.74, 6) is -0.245. The molecular formula is C14H19BrFNO. The second-order valence-corrected chi connectivity index (χ2v) is 5.70. The second-order valence-electron chi connectivity index (χ2n) is 4.85. The fourth-order valence-corrected chi connectivity index (χ4v) is 2.74. The van der Waals surface area contributed by atoms with Crippen LogP contribution in [-0.2, 0) is 4.74 Å². The van der Waals surface area contributed by atoms with Crippen LogP contribution in [0.4, 0.5) is 4.39 Å². The van der Waals surface area contributed by atoms with E-state index in [-0.39, 0.29) is 11.9 Å². The van der Waals surface area contributed by atoms with Gasteiger partial charge in [-0.25, -0.2) is 4.39 Å². The number of rotatable bonds is 5. The minimum atomic E-state index is -0.245. The largest absolute Gasteiger partial charge is 0.378 e. The van der Waals surface area contributed by atoms with Gasteiger partial charge < -0.3 is 10.5 Å². The van der Waals surface area contributed by atoms with E-state index in [0.717, 1.165) is 31.4 Å². The molecule has 1 aliphatic heterocycles. The van der Waals surface area contributed by atoms with Gasteiger partial charge in [0.25, 0.3) is 0 Å². The van der Waals surface area contributed by atoms with Gasteiger partial charge in [0.15, 0.2) is 0 Å². The van der Waals surface area contributed by atoms with Gasteiger partial charge >= 0.3 is 0 Å². The van der Waals surface area contributed by atoms with Crippen molar-refractivity contribution >= 4 is 15.9 Å². The highest BCUT2D eigenvalue weighted by Crippen LogP contribution is 2.24. The number of ether oxygens (including phenoxy) is 1. The van der Waals surface area contributed by atoms with Crippen molar-refractivity contribution in [1.82, 2.24) is 0 Å². The van der Waals surface area contributed by atoms with Crippen molar-refractivity contribution in [3.8, 4) is 0 Å². The standard InChI is InChI=1S/C14H19BrFNO/c15-12-9-10(6-7-13(12)16)14(17)5-1-3-11-4-2-8-18-11/h6-7,9,11,14H,1-5,8,17H2. The first-order valence-electron chi connectivity index (χ1n) is 6.49. The second kappa shape index (κ2) is 6.64. The molecule has 2 rings (SSSR count). The molecule has 0 aliphatic carbocycles. The average Bonchev–Trinajstić information content (AvgIpc) is 2.85. The van der Waals surface area contributed by atoms with E-state index in [1.54, 1.807) is 12.1 Å². The predicted molar refractivity (Wildman–Crippen MR) is 73.9 cm³/mol. The number of nitrogens with two attached hydrogens (primary N) is 1. The molecule has 1 saturated heterocycles. The monoisotopic (exact) mass is 315 g/mol. The lowest BCUT2D eigenvalue weighted by Gasteiger charge is -2.14. The normalized spacial score (nSPS) is 21.2. The summed E-state index contributed by atoms with van der Waals surface area (Å²) in [6.07, 6.45) is 5.84. The molecule has 2 unspecified atom stereocenters. The van der Waals surface area contributed by atoms with Crippen LogP contribution in [0.15, 0.2) is 22.7 Å². The average molecular weight is 316 g/mol. The fourth-order valence-electron chi connectivity index (χ4n) is 2.35. The first-order valence-corrected chi connectivity index (χ1v) is 7.28. The van der Waals surface area contributed by atoms with Gasteiger partial charge in [0.05, 0.1) is 10.6 Å². The Balaban J connectivity index is 1.79. The SMILES string of the molecule is NC(CCCC1CCCO1)c1ccc(F)c(Br)c1. The molecule has 0 bridgehead atoms. The lowest BCUT2D eigenvalue weighted by molar-refractivity contribution is 0.101. The third-order valence-electron chi connectivity index (χ3n) is 3.44. The summed E-state index contributed by atoms with van der Waals surface area (Å²) in [4.78, 5) is 0. The zero-order valence-corrected chi connectivity index (χ0v) is 12.0. The smallest absolute Gasteiger partial charge is 0.137 e. The maximum absolute atomic E-state index is 13.1. The van der Waals surface area contributed by atoms with Gasteiger partial charge in [-0.1, -0.05) is 6.07 Å². The van der Waals surface area contributed by atoms with Crippen LogP contribution < -0.4 is 5.73 Å². The lowest BCUT2D eigenvalue weighted by atomic mass is 10.00. The van der Waals surface area contributed by atoms with Crippen molar-refractivity contribution in [2.24, 2.45) is 5.73 Å². The number of hydrogen-bond donors (Lipinski definition) is 1. The molecule has 2 atom stereocenters. The maximum Gasteiger partial charge on any atom is 0.137 e. The number of benzene rings is 1. The summed E-state index contributed by atoms with van der Waals surface area (Å²) in [6.45, 7) is 0.904. The minimum Gasteiger partial charge on any atom is -0.378 e. The molecule has 1 fully saturated rings. The third-order valence-corrected chi connectivity index (χ3v) is 4.04. The van der Waals surface area contributed by atoms with Crippen LogP contribution in [0.2, 0.25) is 0 Å². The van der Waals surface area contributed by atoms with Crippen LogP contribution in [0.1, 0.15) is 43.7 Å². The van der Waals surface area contributed by atoms with E-state index in [9.17, 15) is 4.39 Å². The summed E-state index contributed by atoms with van der Waals surface area (Å²) in [5.41, 5.74) is 7.10. The molecule has 0 spiro atoms. The lowest BCUT2D eigenvalue weighted by Crippen LogP contribution is -2.12. The highest BCUT2D eigenvalue weighted by Gasteiger charge is 2.16. The molecule has 0 saturated carbocycles. The van der Waals surface area contributed by atoms with Gasteiger partial charge in [-0.3, -0.25) is 0 Å². The van der Waals surface area contributed by atoms with Crippen molar-refractivity contribution in [3.63, 3.8) is 0 Å². The fraction of sp³-hybridized carbons (Fsp3) is 0.571. The minimum absolute atomic E-state index is 0.0247. The van der Waals surface area contributed by atoms with Crippen molar-refractivity contribution in [3.05, 3.63) is 34.1 Å². The quantitative estimate of drug-likeness (QED) is 0.893. The van der Waals surface area contributed by atoms with Crippen molar-refractivity contribution in [2.45, 2.75) is 44.2 Å². The van der Waals surface area contributed by atoms with E-state index in [0.29, 0.717) is 10.6 Å². The maximum atomic E-state index is 13.1. The molecule has 4 heteroatoms.